The summed E-state index contributed by atoms with van der Waals surface area (Å²) in [6, 6.07) is 10.1. The van der Waals surface area contributed by atoms with E-state index >= 15 is 0 Å². The SMILES string of the molecule is Cc1cccc2c1NC(=O)[C@]21N[C@@H](CC(N)=O)[C@H]2C(=O)N(Cc3ccc(F)cc3)C(=O)[C@H]21. The number of rotatable bonds is 4. The third kappa shape index (κ3) is 2.70. The normalized spacial score (nSPS) is 28.2. The van der Waals surface area contributed by atoms with E-state index < -0.39 is 52.9 Å². The van der Waals surface area contributed by atoms with Crippen molar-refractivity contribution in [1.82, 2.24) is 10.2 Å². The second-order valence-electron chi connectivity index (χ2n) is 8.57. The molecule has 8 nitrogen and oxygen atoms in total. The van der Waals surface area contributed by atoms with Gasteiger partial charge < -0.3 is 11.1 Å². The molecule has 3 heterocycles. The highest BCUT2D eigenvalue weighted by Gasteiger charge is 2.70. The van der Waals surface area contributed by atoms with Crippen molar-refractivity contribution in [1.29, 1.82) is 0 Å². The van der Waals surface area contributed by atoms with Gasteiger partial charge in [0.15, 0.2) is 0 Å². The summed E-state index contributed by atoms with van der Waals surface area (Å²) in [5.74, 6) is -4.44. The smallest absolute Gasteiger partial charge is 0.250 e. The molecule has 2 aromatic carbocycles. The number of halogens is 1. The van der Waals surface area contributed by atoms with Crippen molar-refractivity contribution in [2.45, 2.75) is 31.5 Å². The van der Waals surface area contributed by atoms with E-state index in [9.17, 15) is 23.6 Å². The Kier molecular flexibility index (Phi) is 4.42. The molecule has 3 aliphatic heterocycles. The highest BCUT2D eigenvalue weighted by molar-refractivity contribution is 6.15. The quantitative estimate of drug-likeness (QED) is 0.616. The molecule has 2 saturated heterocycles. The van der Waals surface area contributed by atoms with Crippen molar-refractivity contribution in [3.63, 3.8) is 0 Å². The molecule has 3 aliphatic rings. The van der Waals surface area contributed by atoms with Gasteiger partial charge in [-0.2, -0.15) is 0 Å². The molecule has 2 aromatic rings. The molecule has 4 atom stereocenters. The van der Waals surface area contributed by atoms with Crippen LogP contribution in [0.4, 0.5) is 10.1 Å². The molecule has 164 valence electrons. The van der Waals surface area contributed by atoms with Gasteiger partial charge in [0.25, 0.3) is 0 Å². The number of para-hydroxylation sites is 1. The molecule has 0 bridgehead atoms. The third-order valence-electron chi connectivity index (χ3n) is 6.72. The van der Waals surface area contributed by atoms with Crippen molar-refractivity contribution in [3.05, 3.63) is 65.0 Å². The van der Waals surface area contributed by atoms with Crippen LogP contribution >= 0.6 is 0 Å². The van der Waals surface area contributed by atoms with Gasteiger partial charge in [0.2, 0.25) is 23.6 Å². The van der Waals surface area contributed by atoms with Crippen LogP contribution in [0.3, 0.4) is 0 Å². The zero-order valence-electron chi connectivity index (χ0n) is 17.2. The van der Waals surface area contributed by atoms with E-state index in [4.69, 9.17) is 5.73 Å². The lowest BCUT2D eigenvalue weighted by molar-refractivity contribution is -0.143. The fourth-order valence-electron chi connectivity index (χ4n) is 5.36. The number of imide groups is 1. The zero-order valence-corrected chi connectivity index (χ0v) is 17.2. The summed E-state index contributed by atoms with van der Waals surface area (Å²) in [5.41, 5.74) is 6.52. The van der Waals surface area contributed by atoms with Crippen LogP contribution in [-0.2, 0) is 31.3 Å². The standard InChI is InChI=1S/C23H21FN4O4/c1-11-3-2-4-14-19(11)26-22(32)23(14)18-17(15(27-23)9-16(25)29)20(30)28(21(18)31)10-12-5-7-13(24)8-6-12/h2-8,15,17-18,27H,9-10H2,1H3,(H2,25,29)(H,26,32)/t15-,17+,18-,23-/m0/s1. The number of likely N-dealkylation sites (tertiary alicyclic amines) is 1. The molecule has 4 N–H and O–H groups in total. The van der Waals surface area contributed by atoms with Gasteiger partial charge in [0, 0.05) is 23.7 Å². The number of aryl methyl sites for hydroxylation is 1. The average molecular weight is 436 g/mol. The number of nitrogens with zero attached hydrogens (tertiary/aromatic N) is 1. The van der Waals surface area contributed by atoms with Gasteiger partial charge in [-0.15, -0.1) is 0 Å². The zero-order chi connectivity index (χ0) is 22.8. The molecule has 1 spiro atoms. The molecule has 2 fully saturated rings. The van der Waals surface area contributed by atoms with Gasteiger partial charge in [-0.1, -0.05) is 30.3 Å². The number of hydrogen-bond donors (Lipinski definition) is 3. The molecular weight excluding hydrogens is 415 g/mol. The number of nitrogens with one attached hydrogen (secondary N) is 2. The van der Waals surface area contributed by atoms with Crippen molar-refractivity contribution < 1.29 is 23.6 Å². The predicted molar refractivity (Wildman–Crippen MR) is 111 cm³/mol. The fourth-order valence-corrected chi connectivity index (χ4v) is 5.36. The van der Waals surface area contributed by atoms with Crippen LogP contribution in [0, 0.1) is 24.6 Å². The topological polar surface area (TPSA) is 122 Å². The maximum Gasteiger partial charge on any atom is 0.250 e. The summed E-state index contributed by atoms with van der Waals surface area (Å²) in [6.07, 6.45) is -0.194. The number of carbonyl (C=O) groups is 4. The summed E-state index contributed by atoms with van der Waals surface area (Å²) in [6.45, 7) is 1.79. The monoisotopic (exact) mass is 436 g/mol. The Balaban J connectivity index is 1.60. The van der Waals surface area contributed by atoms with E-state index in [0.29, 0.717) is 16.8 Å². The first-order chi connectivity index (χ1) is 15.2. The van der Waals surface area contributed by atoms with E-state index in [1.165, 1.54) is 24.3 Å². The van der Waals surface area contributed by atoms with Gasteiger partial charge in [0.05, 0.1) is 18.4 Å². The largest absolute Gasteiger partial charge is 0.370 e. The molecule has 0 saturated carbocycles. The van der Waals surface area contributed by atoms with E-state index in [2.05, 4.69) is 10.6 Å². The Labute approximate surface area is 182 Å². The second-order valence-corrected chi connectivity index (χ2v) is 8.57. The van der Waals surface area contributed by atoms with Crippen molar-refractivity contribution in [3.8, 4) is 0 Å². The second kappa shape index (κ2) is 6.96. The van der Waals surface area contributed by atoms with Crippen molar-refractivity contribution in [2.24, 2.45) is 17.6 Å². The van der Waals surface area contributed by atoms with Crippen LogP contribution in [0.2, 0.25) is 0 Å². The minimum Gasteiger partial charge on any atom is -0.370 e. The van der Waals surface area contributed by atoms with Crippen LogP contribution in [-0.4, -0.2) is 34.6 Å². The van der Waals surface area contributed by atoms with Crippen LogP contribution in [0.15, 0.2) is 42.5 Å². The Bertz CT molecular complexity index is 1180. The highest BCUT2D eigenvalue weighted by atomic mass is 19.1. The van der Waals surface area contributed by atoms with Gasteiger partial charge in [-0.3, -0.25) is 29.4 Å². The molecule has 0 radical (unpaired) electrons. The van der Waals surface area contributed by atoms with Crippen LogP contribution < -0.4 is 16.4 Å². The Morgan fingerprint density at radius 2 is 1.84 bits per heavy atom. The van der Waals surface area contributed by atoms with E-state index in [-0.39, 0.29) is 13.0 Å². The molecule has 4 amide bonds. The molecule has 9 heteroatoms. The number of primary amides is 1. The van der Waals surface area contributed by atoms with Crippen LogP contribution in [0.25, 0.3) is 0 Å². The Morgan fingerprint density at radius 1 is 1.12 bits per heavy atom. The third-order valence-corrected chi connectivity index (χ3v) is 6.72. The molecular formula is C23H21FN4O4. The number of benzene rings is 2. The number of anilines is 1. The summed E-state index contributed by atoms with van der Waals surface area (Å²) in [4.78, 5) is 53.2. The number of nitrogens with two attached hydrogens (primary N) is 1. The summed E-state index contributed by atoms with van der Waals surface area (Å²) in [5, 5.41) is 6.00. The minimum atomic E-state index is -1.48. The molecule has 32 heavy (non-hydrogen) atoms. The minimum absolute atomic E-state index is 0.0490. The molecule has 0 aromatic heterocycles. The molecule has 0 unspecified atom stereocenters. The van der Waals surface area contributed by atoms with Crippen LogP contribution in [0.1, 0.15) is 23.1 Å². The number of hydrogen-bond acceptors (Lipinski definition) is 5. The lowest BCUT2D eigenvalue weighted by atomic mass is 9.76. The van der Waals surface area contributed by atoms with Gasteiger partial charge in [-0.25, -0.2) is 4.39 Å². The Hall–Kier alpha value is -3.59. The molecule has 0 aliphatic carbocycles. The van der Waals surface area contributed by atoms with Crippen LogP contribution in [0.5, 0.6) is 0 Å². The summed E-state index contributed by atoms with van der Waals surface area (Å²) >= 11 is 0. The highest BCUT2D eigenvalue weighted by Crippen LogP contribution is 2.54. The maximum atomic E-state index is 13.6. The van der Waals surface area contributed by atoms with Gasteiger partial charge in [-0.05, 0) is 30.2 Å². The van der Waals surface area contributed by atoms with Crippen molar-refractivity contribution >= 4 is 29.3 Å². The first-order valence-electron chi connectivity index (χ1n) is 10.3. The molecule has 5 rings (SSSR count). The number of amides is 4. The summed E-state index contributed by atoms with van der Waals surface area (Å²) in [7, 11) is 0. The number of carbonyl (C=O) groups excluding carboxylic acids is 4. The number of fused-ring (bicyclic) bond motifs is 4. The van der Waals surface area contributed by atoms with Gasteiger partial charge >= 0.3 is 0 Å². The van der Waals surface area contributed by atoms with Crippen molar-refractivity contribution in [2.75, 3.05) is 5.32 Å². The first-order valence-corrected chi connectivity index (χ1v) is 10.3. The fraction of sp³-hybridized carbons (Fsp3) is 0.304. The lowest BCUT2D eigenvalue weighted by Crippen LogP contribution is -2.53. The van der Waals surface area contributed by atoms with E-state index in [1.54, 1.807) is 12.1 Å². The Morgan fingerprint density at radius 3 is 2.53 bits per heavy atom. The average Bonchev–Trinajstić information content (AvgIpc) is 3.31. The predicted octanol–water partition coefficient (Wildman–Crippen LogP) is 0.930. The van der Waals surface area contributed by atoms with E-state index in [1.807, 2.05) is 13.0 Å². The summed E-state index contributed by atoms with van der Waals surface area (Å²) < 4.78 is 13.3. The van der Waals surface area contributed by atoms with Gasteiger partial charge in [0.1, 0.15) is 11.4 Å². The lowest BCUT2D eigenvalue weighted by Gasteiger charge is -2.29. The first kappa shape index (κ1) is 20.3. The maximum absolute atomic E-state index is 13.6. The van der Waals surface area contributed by atoms with E-state index in [0.717, 1.165) is 10.5 Å².